The fourth-order valence-corrected chi connectivity index (χ4v) is 2.12. The number of aryl methyl sites for hydroxylation is 2. The summed E-state index contributed by atoms with van der Waals surface area (Å²) in [4.78, 5) is 10.6. The van der Waals surface area contributed by atoms with Crippen molar-refractivity contribution in [1.82, 2.24) is 14.9 Å². The molecule has 0 saturated carbocycles. The largest absolute Gasteiger partial charge is 0.467 e. The van der Waals surface area contributed by atoms with Gasteiger partial charge in [-0.25, -0.2) is 14.4 Å². The monoisotopic (exact) mass is 239 g/mol. The maximum atomic E-state index is 12.7. The minimum atomic E-state index is -0.635. The van der Waals surface area contributed by atoms with Crippen LogP contribution in [0.3, 0.4) is 0 Å². The van der Waals surface area contributed by atoms with Gasteiger partial charge in [-0.15, -0.1) is 0 Å². The van der Waals surface area contributed by atoms with Gasteiger partial charge in [0, 0.05) is 31.0 Å². The highest BCUT2D eigenvalue weighted by Crippen LogP contribution is 2.17. The van der Waals surface area contributed by atoms with E-state index in [1.165, 1.54) is 0 Å². The van der Waals surface area contributed by atoms with Gasteiger partial charge in [-0.05, 0) is 25.8 Å². The van der Waals surface area contributed by atoms with Gasteiger partial charge < -0.3 is 4.74 Å². The summed E-state index contributed by atoms with van der Waals surface area (Å²) < 4.78 is 17.7. The van der Waals surface area contributed by atoms with Gasteiger partial charge in [-0.1, -0.05) is 0 Å². The molecule has 1 aromatic heterocycles. The van der Waals surface area contributed by atoms with Crippen molar-refractivity contribution < 1.29 is 9.13 Å². The summed E-state index contributed by atoms with van der Waals surface area (Å²) in [6.45, 7) is 5.92. The van der Waals surface area contributed by atoms with E-state index >= 15 is 0 Å². The number of halogens is 1. The van der Waals surface area contributed by atoms with Crippen LogP contribution in [0.15, 0.2) is 0 Å². The Kier molecular flexibility index (Phi) is 3.57. The Morgan fingerprint density at radius 3 is 2.35 bits per heavy atom. The molecular formula is C12H18FN3O. The van der Waals surface area contributed by atoms with Crippen molar-refractivity contribution in [3.8, 4) is 6.01 Å². The Balaban J connectivity index is 2.00. The predicted octanol–water partition coefficient (Wildman–Crippen LogP) is 1.30. The van der Waals surface area contributed by atoms with Crippen molar-refractivity contribution in [2.75, 3.05) is 26.7 Å². The van der Waals surface area contributed by atoms with Crippen LogP contribution in [0.2, 0.25) is 0 Å². The van der Waals surface area contributed by atoms with E-state index in [9.17, 15) is 4.39 Å². The number of aromatic nitrogens is 2. The second-order valence-corrected chi connectivity index (χ2v) is 4.47. The van der Waals surface area contributed by atoms with Crippen LogP contribution in [-0.4, -0.2) is 47.8 Å². The van der Waals surface area contributed by atoms with Crippen LogP contribution in [0.4, 0.5) is 4.39 Å². The zero-order valence-electron chi connectivity index (χ0n) is 10.5. The molecule has 0 radical (unpaired) electrons. The molecule has 0 atom stereocenters. The molecule has 0 spiro atoms. The fraction of sp³-hybridized carbons (Fsp3) is 0.667. The Labute approximate surface area is 101 Å². The molecule has 94 valence electrons. The third-order valence-electron chi connectivity index (χ3n) is 3.17. The first-order chi connectivity index (χ1) is 8.10. The smallest absolute Gasteiger partial charge is 0.316 e. The zero-order chi connectivity index (χ0) is 12.4. The number of likely N-dealkylation sites (tertiary alicyclic amines) is 1. The average Bonchev–Trinajstić information content (AvgIpc) is 2.24. The second-order valence-electron chi connectivity index (χ2n) is 4.47. The summed E-state index contributed by atoms with van der Waals surface area (Å²) in [6.07, 6.45) is 0.235. The molecule has 1 aliphatic rings. The minimum Gasteiger partial charge on any atom is -0.467 e. The van der Waals surface area contributed by atoms with Crippen molar-refractivity contribution in [3.05, 3.63) is 17.0 Å². The lowest BCUT2D eigenvalue weighted by atomic mass is 10.1. The van der Waals surface area contributed by atoms with Crippen molar-refractivity contribution in [2.45, 2.75) is 26.4 Å². The molecule has 1 aromatic rings. The lowest BCUT2D eigenvalue weighted by Gasteiger charge is -2.34. The lowest BCUT2D eigenvalue weighted by molar-refractivity contribution is 0.0669. The highest BCUT2D eigenvalue weighted by atomic mass is 19.1. The van der Waals surface area contributed by atoms with E-state index in [-0.39, 0.29) is 0 Å². The Bertz CT molecular complexity index is 382. The quantitative estimate of drug-likeness (QED) is 0.793. The van der Waals surface area contributed by atoms with Gasteiger partial charge in [-0.3, -0.25) is 4.90 Å². The van der Waals surface area contributed by atoms with Gasteiger partial charge in [0.1, 0.15) is 6.17 Å². The molecule has 1 fully saturated rings. The van der Waals surface area contributed by atoms with E-state index in [2.05, 4.69) is 14.9 Å². The highest BCUT2D eigenvalue weighted by molar-refractivity contribution is 5.26. The third-order valence-corrected chi connectivity index (χ3v) is 3.17. The van der Waals surface area contributed by atoms with Gasteiger partial charge in [0.05, 0.1) is 7.11 Å². The predicted molar refractivity (Wildman–Crippen MR) is 63.1 cm³/mol. The summed E-state index contributed by atoms with van der Waals surface area (Å²) in [7, 11) is 1.56. The number of nitrogens with zero attached hydrogens (tertiary/aromatic N) is 3. The van der Waals surface area contributed by atoms with Crippen molar-refractivity contribution in [2.24, 2.45) is 0 Å². The molecule has 2 heterocycles. The molecule has 0 unspecified atom stereocenters. The molecule has 0 aliphatic carbocycles. The number of alkyl halides is 1. The van der Waals surface area contributed by atoms with Gasteiger partial charge >= 0.3 is 6.01 Å². The Morgan fingerprint density at radius 1 is 1.29 bits per heavy atom. The minimum absolute atomic E-state index is 0.413. The molecule has 0 aromatic carbocycles. The van der Waals surface area contributed by atoms with Gasteiger partial charge in [-0.2, -0.15) is 0 Å². The molecule has 4 nitrogen and oxygen atoms in total. The summed E-state index contributed by atoms with van der Waals surface area (Å²) >= 11 is 0. The van der Waals surface area contributed by atoms with E-state index in [0.29, 0.717) is 19.1 Å². The van der Waals surface area contributed by atoms with Crippen molar-refractivity contribution >= 4 is 0 Å². The second kappa shape index (κ2) is 4.96. The van der Waals surface area contributed by atoms with E-state index in [0.717, 1.165) is 29.9 Å². The average molecular weight is 239 g/mol. The molecule has 17 heavy (non-hydrogen) atoms. The first kappa shape index (κ1) is 12.2. The first-order valence-electron chi connectivity index (χ1n) is 5.84. The summed E-state index contributed by atoms with van der Waals surface area (Å²) in [6, 6.07) is 0.413. The van der Waals surface area contributed by atoms with Crippen LogP contribution in [0, 0.1) is 13.8 Å². The molecule has 5 heteroatoms. The van der Waals surface area contributed by atoms with E-state index in [4.69, 9.17) is 4.74 Å². The zero-order valence-corrected chi connectivity index (χ0v) is 10.5. The number of methoxy groups -OCH3 is 1. The Hall–Kier alpha value is -1.23. The fourth-order valence-electron chi connectivity index (χ4n) is 2.12. The summed E-state index contributed by atoms with van der Waals surface area (Å²) in [5.74, 6) is 0. The van der Waals surface area contributed by atoms with Crippen LogP contribution in [0.25, 0.3) is 0 Å². The molecule has 0 N–H and O–H groups in total. The van der Waals surface area contributed by atoms with E-state index in [1.54, 1.807) is 7.11 Å². The molecule has 1 aliphatic heterocycles. The van der Waals surface area contributed by atoms with E-state index < -0.39 is 6.17 Å². The van der Waals surface area contributed by atoms with Crippen LogP contribution in [-0.2, 0) is 6.42 Å². The first-order valence-corrected chi connectivity index (χ1v) is 5.84. The van der Waals surface area contributed by atoms with Crippen molar-refractivity contribution in [3.63, 3.8) is 0 Å². The standard InChI is InChI=1S/C12H18FN3O/c1-8-11(4-5-16-6-10(13)7-16)9(2)15-12(14-8)17-3/h10H,4-7H2,1-3H3. The van der Waals surface area contributed by atoms with Crippen LogP contribution >= 0.6 is 0 Å². The maximum Gasteiger partial charge on any atom is 0.316 e. The molecule has 0 bridgehead atoms. The molecule has 1 saturated heterocycles. The number of rotatable bonds is 4. The van der Waals surface area contributed by atoms with E-state index in [1.807, 2.05) is 13.8 Å². The Morgan fingerprint density at radius 2 is 1.88 bits per heavy atom. The molecule has 2 rings (SSSR count). The SMILES string of the molecule is COc1nc(C)c(CCN2CC(F)C2)c(C)n1. The van der Waals surface area contributed by atoms with Gasteiger partial charge in [0.25, 0.3) is 0 Å². The number of hydrogen-bond acceptors (Lipinski definition) is 4. The molecule has 0 amide bonds. The van der Waals surface area contributed by atoms with Gasteiger partial charge in [0.2, 0.25) is 0 Å². The topological polar surface area (TPSA) is 38.2 Å². The summed E-state index contributed by atoms with van der Waals surface area (Å²) in [5.41, 5.74) is 3.05. The van der Waals surface area contributed by atoms with Crippen LogP contribution in [0.1, 0.15) is 17.0 Å². The van der Waals surface area contributed by atoms with Crippen LogP contribution < -0.4 is 4.74 Å². The van der Waals surface area contributed by atoms with Crippen LogP contribution in [0.5, 0.6) is 6.01 Å². The lowest BCUT2D eigenvalue weighted by Crippen LogP contribution is -2.49. The number of ether oxygens (including phenoxy) is 1. The third kappa shape index (κ3) is 2.72. The van der Waals surface area contributed by atoms with Gasteiger partial charge in [0.15, 0.2) is 0 Å². The normalized spacial score (nSPS) is 16.9. The van der Waals surface area contributed by atoms with Crippen molar-refractivity contribution in [1.29, 1.82) is 0 Å². The summed E-state index contributed by atoms with van der Waals surface area (Å²) in [5, 5.41) is 0. The highest BCUT2D eigenvalue weighted by Gasteiger charge is 2.25. The molecular weight excluding hydrogens is 221 g/mol. The maximum absolute atomic E-state index is 12.7. The number of hydrogen-bond donors (Lipinski definition) is 0.